The molecule has 2 N–H and O–H groups in total. The van der Waals surface area contributed by atoms with Gasteiger partial charge in [-0.3, -0.25) is 9.59 Å². The number of carbonyl (C=O) groups is 2. The zero-order valence-electron chi connectivity index (χ0n) is 11.3. The summed E-state index contributed by atoms with van der Waals surface area (Å²) in [5, 5.41) is 11.7. The van der Waals surface area contributed by atoms with E-state index in [0.29, 0.717) is 26.1 Å². The second-order valence-electron chi connectivity index (χ2n) is 4.15. The van der Waals surface area contributed by atoms with Gasteiger partial charge in [0.1, 0.15) is 5.75 Å². The molecule has 2 amide bonds. The number of nitrogens with zero attached hydrogens (tertiary/aromatic N) is 1. The van der Waals surface area contributed by atoms with Gasteiger partial charge in [-0.25, -0.2) is 0 Å². The molecule has 104 valence electrons. The molecule has 0 aliphatic heterocycles. The topological polar surface area (TPSA) is 69.6 Å². The van der Waals surface area contributed by atoms with Crippen molar-refractivity contribution in [3.8, 4) is 5.75 Å². The number of phenols is 1. The van der Waals surface area contributed by atoms with Gasteiger partial charge in [-0.05, 0) is 38.0 Å². The number of aromatic hydroxyl groups is 1. The number of rotatable bonds is 5. The Labute approximate surface area is 113 Å². The van der Waals surface area contributed by atoms with E-state index in [1.807, 2.05) is 13.8 Å². The van der Waals surface area contributed by atoms with Crippen LogP contribution in [0.4, 0.5) is 0 Å². The minimum Gasteiger partial charge on any atom is -0.508 e. The Bertz CT molecular complexity index is 425. The Morgan fingerprint density at radius 1 is 1.16 bits per heavy atom. The fourth-order valence-corrected chi connectivity index (χ4v) is 1.71. The van der Waals surface area contributed by atoms with Gasteiger partial charge in [-0.15, -0.1) is 0 Å². The number of hydrogen-bond donors (Lipinski definition) is 2. The van der Waals surface area contributed by atoms with Crippen LogP contribution in [0.15, 0.2) is 24.3 Å². The van der Waals surface area contributed by atoms with Crippen LogP contribution in [0, 0.1) is 0 Å². The molecule has 0 fully saturated rings. The second kappa shape index (κ2) is 7.41. The number of phenolic OH excluding ortho intramolecular Hbond substituents is 1. The third kappa shape index (κ3) is 4.62. The van der Waals surface area contributed by atoms with E-state index in [-0.39, 0.29) is 5.75 Å². The molecule has 0 saturated heterocycles. The molecule has 1 aromatic rings. The summed E-state index contributed by atoms with van der Waals surface area (Å²) in [5.74, 6) is -0.845. The molecule has 0 saturated carbocycles. The quantitative estimate of drug-likeness (QED) is 0.777. The monoisotopic (exact) mass is 264 g/mol. The summed E-state index contributed by atoms with van der Waals surface area (Å²) in [6.45, 7) is 5.13. The normalized spacial score (nSPS) is 10.0. The molecular weight excluding hydrogens is 244 g/mol. The van der Waals surface area contributed by atoms with Gasteiger partial charge >= 0.3 is 11.8 Å². The molecule has 1 rings (SSSR count). The summed E-state index contributed by atoms with van der Waals surface area (Å²) >= 11 is 0. The fourth-order valence-electron chi connectivity index (χ4n) is 1.71. The number of carbonyl (C=O) groups excluding carboxylic acids is 2. The first kappa shape index (κ1) is 15.0. The predicted molar refractivity (Wildman–Crippen MR) is 72.7 cm³/mol. The molecule has 5 nitrogen and oxygen atoms in total. The maximum absolute atomic E-state index is 11.7. The zero-order valence-corrected chi connectivity index (χ0v) is 11.3. The predicted octanol–water partition coefficient (Wildman–Crippen LogP) is 0.919. The van der Waals surface area contributed by atoms with Gasteiger partial charge in [0.15, 0.2) is 0 Å². The molecule has 1 aromatic carbocycles. The summed E-state index contributed by atoms with van der Waals surface area (Å²) in [7, 11) is 0. The average molecular weight is 264 g/mol. The van der Waals surface area contributed by atoms with Gasteiger partial charge in [-0.1, -0.05) is 12.1 Å². The van der Waals surface area contributed by atoms with Gasteiger partial charge in [-0.2, -0.15) is 0 Å². The lowest BCUT2D eigenvalue weighted by molar-refractivity contribution is -0.145. The van der Waals surface area contributed by atoms with Crippen molar-refractivity contribution in [2.45, 2.75) is 20.3 Å². The lowest BCUT2D eigenvalue weighted by Gasteiger charge is -2.17. The van der Waals surface area contributed by atoms with E-state index in [1.165, 1.54) is 4.90 Å². The van der Waals surface area contributed by atoms with Crippen LogP contribution in [-0.4, -0.2) is 41.5 Å². The molecule has 0 radical (unpaired) electrons. The largest absolute Gasteiger partial charge is 0.508 e. The summed E-state index contributed by atoms with van der Waals surface area (Å²) in [4.78, 5) is 24.8. The number of hydrogen-bond acceptors (Lipinski definition) is 3. The Kier molecular flexibility index (Phi) is 5.85. The van der Waals surface area contributed by atoms with Crippen LogP contribution >= 0.6 is 0 Å². The van der Waals surface area contributed by atoms with Gasteiger partial charge in [0.2, 0.25) is 0 Å². The maximum Gasteiger partial charge on any atom is 0.311 e. The molecule has 0 aliphatic rings. The second-order valence-corrected chi connectivity index (χ2v) is 4.15. The molecular formula is C14H20N2O3. The summed E-state index contributed by atoms with van der Waals surface area (Å²) in [5.41, 5.74) is 0.994. The number of nitrogens with one attached hydrogen (secondary N) is 1. The van der Waals surface area contributed by atoms with Gasteiger partial charge < -0.3 is 15.3 Å². The Morgan fingerprint density at radius 3 is 2.26 bits per heavy atom. The van der Waals surface area contributed by atoms with Crippen LogP contribution in [0.2, 0.25) is 0 Å². The van der Waals surface area contributed by atoms with E-state index in [4.69, 9.17) is 5.11 Å². The van der Waals surface area contributed by atoms with Crippen LogP contribution in [-0.2, 0) is 16.0 Å². The van der Waals surface area contributed by atoms with Crippen LogP contribution in [0.5, 0.6) is 5.75 Å². The maximum atomic E-state index is 11.7. The molecule has 0 heterocycles. The minimum atomic E-state index is -0.567. The van der Waals surface area contributed by atoms with Crippen LogP contribution in [0.1, 0.15) is 19.4 Å². The first-order valence-corrected chi connectivity index (χ1v) is 6.43. The molecule has 0 aliphatic carbocycles. The summed E-state index contributed by atoms with van der Waals surface area (Å²) in [6, 6.07) is 6.76. The van der Waals surface area contributed by atoms with Crippen LogP contribution < -0.4 is 5.32 Å². The molecule has 0 spiro atoms. The zero-order chi connectivity index (χ0) is 14.3. The first-order valence-electron chi connectivity index (χ1n) is 6.43. The van der Waals surface area contributed by atoms with E-state index < -0.39 is 11.8 Å². The van der Waals surface area contributed by atoms with E-state index in [9.17, 15) is 9.59 Å². The Hall–Kier alpha value is -2.04. The van der Waals surface area contributed by atoms with E-state index in [0.717, 1.165) is 5.56 Å². The molecule has 0 aromatic heterocycles. The molecule has 0 unspecified atom stereocenters. The lowest BCUT2D eigenvalue weighted by atomic mass is 10.1. The SMILES string of the molecule is CCN(CC)C(=O)C(=O)NCCc1ccc(O)cc1. The van der Waals surface area contributed by atoms with E-state index in [1.54, 1.807) is 24.3 Å². The van der Waals surface area contributed by atoms with Crippen molar-refractivity contribution in [1.82, 2.24) is 10.2 Å². The fraction of sp³-hybridized carbons (Fsp3) is 0.429. The Balaban J connectivity index is 2.38. The van der Waals surface area contributed by atoms with Crippen LogP contribution in [0.25, 0.3) is 0 Å². The van der Waals surface area contributed by atoms with Crippen LogP contribution in [0.3, 0.4) is 0 Å². The standard InChI is InChI=1S/C14H20N2O3/c1-3-16(4-2)14(19)13(18)15-10-9-11-5-7-12(17)8-6-11/h5-8,17H,3-4,9-10H2,1-2H3,(H,15,18). The van der Waals surface area contributed by atoms with Crippen molar-refractivity contribution in [3.05, 3.63) is 29.8 Å². The van der Waals surface area contributed by atoms with Crippen molar-refractivity contribution in [2.24, 2.45) is 0 Å². The van der Waals surface area contributed by atoms with Crippen molar-refractivity contribution in [3.63, 3.8) is 0 Å². The van der Waals surface area contributed by atoms with Crippen molar-refractivity contribution in [2.75, 3.05) is 19.6 Å². The van der Waals surface area contributed by atoms with Gasteiger partial charge in [0.05, 0.1) is 0 Å². The van der Waals surface area contributed by atoms with E-state index in [2.05, 4.69) is 5.32 Å². The average Bonchev–Trinajstić information content (AvgIpc) is 2.42. The van der Waals surface area contributed by atoms with Gasteiger partial charge in [0.25, 0.3) is 0 Å². The number of amides is 2. The third-order valence-corrected chi connectivity index (χ3v) is 2.88. The highest BCUT2D eigenvalue weighted by Crippen LogP contribution is 2.09. The number of likely N-dealkylation sites (N-methyl/N-ethyl adjacent to an activating group) is 1. The Morgan fingerprint density at radius 2 is 1.74 bits per heavy atom. The smallest absolute Gasteiger partial charge is 0.311 e. The molecule has 0 atom stereocenters. The summed E-state index contributed by atoms with van der Waals surface area (Å²) in [6.07, 6.45) is 0.623. The van der Waals surface area contributed by atoms with Crippen molar-refractivity contribution < 1.29 is 14.7 Å². The highest BCUT2D eigenvalue weighted by atomic mass is 16.3. The third-order valence-electron chi connectivity index (χ3n) is 2.88. The lowest BCUT2D eigenvalue weighted by Crippen LogP contribution is -2.43. The molecule has 19 heavy (non-hydrogen) atoms. The van der Waals surface area contributed by atoms with Crippen molar-refractivity contribution in [1.29, 1.82) is 0 Å². The molecule has 0 bridgehead atoms. The number of benzene rings is 1. The molecule has 5 heteroatoms. The van der Waals surface area contributed by atoms with Gasteiger partial charge in [0, 0.05) is 19.6 Å². The first-order chi connectivity index (χ1) is 9.08. The minimum absolute atomic E-state index is 0.212. The summed E-state index contributed by atoms with van der Waals surface area (Å²) < 4.78 is 0. The van der Waals surface area contributed by atoms with Crippen molar-refractivity contribution >= 4 is 11.8 Å². The van der Waals surface area contributed by atoms with E-state index >= 15 is 0 Å². The highest BCUT2D eigenvalue weighted by molar-refractivity contribution is 6.34. The highest BCUT2D eigenvalue weighted by Gasteiger charge is 2.18.